The molecule has 0 atom stereocenters. The van der Waals surface area contributed by atoms with Gasteiger partial charge in [-0.25, -0.2) is 0 Å². The average molecular weight is 638 g/mol. The Balaban J connectivity index is 1.42. The largest absolute Gasteiger partial charge is 0.278 e. The molecule has 4 heterocycles. The predicted octanol–water partition coefficient (Wildman–Crippen LogP) is 11.2. The minimum absolute atomic E-state index is 0.577. The Morgan fingerprint density at radius 3 is 1.34 bits per heavy atom. The van der Waals surface area contributed by atoms with Gasteiger partial charge in [0.1, 0.15) is 0 Å². The highest BCUT2D eigenvalue weighted by molar-refractivity contribution is 6.15. The van der Waals surface area contributed by atoms with E-state index in [1.807, 2.05) is 6.07 Å². The first-order valence-corrected chi connectivity index (χ1v) is 16.9. The summed E-state index contributed by atoms with van der Waals surface area (Å²) in [6, 6.07) is 58.2. The Bertz CT molecular complexity index is 3040. The van der Waals surface area contributed by atoms with Gasteiger partial charge in [0.25, 0.3) is 0 Å². The van der Waals surface area contributed by atoms with Crippen molar-refractivity contribution in [1.82, 2.24) is 23.8 Å². The van der Waals surface area contributed by atoms with E-state index in [0.29, 0.717) is 17.4 Å². The maximum Gasteiger partial charge on any atom is 0.240 e. The molecule has 50 heavy (non-hydrogen) atoms. The third kappa shape index (κ3) is 3.92. The molecule has 11 aromatic rings. The third-order valence-corrected chi connectivity index (χ3v) is 10.1. The van der Waals surface area contributed by atoms with Crippen molar-refractivity contribution in [3.63, 3.8) is 0 Å². The van der Waals surface area contributed by atoms with Gasteiger partial charge in [0.2, 0.25) is 11.6 Å². The van der Waals surface area contributed by atoms with Gasteiger partial charge in [0, 0.05) is 27.1 Å². The van der Waals surface area contributed by atoms with Crippen LogP contribution in [0.4, 0.5) is 0 Å². The summed E-state index contributed by atoms with van der Waals surface area (Å²) in [5, 5.41) is 9.25. The molecule has 0 spiro atoms. The average Bonchev–Trinajstić information content (AvgIpc) is 3.70. The lowest BCUT2D eigenvalue weighted by Gasteiger charge is -2.07. The summed E-state index contributed by atoms with van der Waals surface area (Å²) >= 11 is 0. The highest BCUT2D eigenvalue weighted by Crippen LogP contribution is 2.35. The molecule has 11 rings (SSSR count). The second kappa shape index (κ2) is 10.3. The smallest absolute Gasteiger partial charge is 0.240 e. The molecule has 0 fully saturated rings. The number of nitrogens with zero attached hydrogens (tertiary/aromatic N) is 5. The minimum atomic E-state index is 0.577. The number of rotatable bonds is 2. The van der Waals surface area contributed by atoms with E-state index in [2.05, 4.69) is 167 Å². The summed E-state index contributed by atoms with van der Waals surface area (Å²) in [6.07, 6.45) is 0. The van der Waals surface area contributed by atoms with Crippen LogP contribution >= 0.6 is 0 Å². The Labute approximate surface area is 286 Å². The second-order valence-electron chi connectivity index (χ2n) is 12.9. The fourth-order valence-electron chi connectivity index (χ4n) is 7.85. The molecule has 0 aliphatic heterocycles. The molecule has 0 saturated heterocycles. The lowest BCUT2D eigenvalue weighted by molar-refractivity contribution is 1.06. The van der Waals surface area contributed by atoms with Gasteiger partial charge >= 0.3 is 0 Å². The van der Waals surface area contributed by atoms with Gasteiger partial charge in [-0.1, -0.05) is 133 Å². The van der Waals surface area contributed by atoms with E-state index in [9.17, 15) is 0 Å². The topological polar surface area (TPSA) is 47.5 Å². The predicted molar refractivity (Wildman–Crippen MR) is 206 cm³/mol. The normalized spacial score (nSPS) is 12.0. The van der Waals surface area contributed by atoms with Crippen LogP contribution < -0.4 is 0 Å². The van der Waals surface area contributed by atoms with Crippen molar-refractivity contribution >= 4 is 76.7 Å². The van der Waals surface area contributed by atoms with Crippen molar-refractivity contribution < 1.29 is 0 Å². The lowest BCUT2D eigenvalue weighted by Crippen LogP contribution is -2.01. The molecule has 0 saturated carbocycles. The molecule has 5 nitrogen and oxygen atoms in total. The highest BCUT2D eigenvalue weighted by Gasteiger charge is 2.16. The van der Waals surface area contributed by atoms with Gasteiger partial charge in [0.05, 0.1) is 22.1 Å². The summed E-state index contributed by atoms with van der Waals surface area (Å²) in [6.45, 7) is 0. The summed E-state index contributed by atoms with van der Waals surface area (Å²) in [4.78, 5) is 15.9. The SMILES string of the molecule is c1ccc(-c2cccc(-c3nc4nc(n3)n3c5ccccc5c5ccc(cc53)c3ccccc3c3ccc5c6ccccc6n4c5c3)c2)cc1. The van der Waals surface area contributed by atoms with Crippen molar-refractivity contribution in [2.75, 3.05) is 0 Å². The summed E-state index contributed by atoms with van der Waals surface area (Å²) in [5.41, 5.74) is 7.38. The van der Waals surface area contributed by atoms with Crippen LogP contribution in [0, 0.1) is 0 Å². The fraction of sp³-hybridized carbons (Fsp3) is 0. The van der Waals surface area contributed by atoms with Gasteiger partial charge in [-0.05, 0) is 63.0 Å². The maximum atomic E-state index is 5.36. The molecule has 232 valence electrons. The molecular weight excluding hydrogens is 611 g/mol. The van der Waals surface area contributed by atoms with Crippen LogP contribution in [0.15, 0.2) is 164 Å². The van der Waals surface area contributed by atoms with E-state index in [1.54, 1.807) is 0 Å². The maximum absolute atomic E-state index is 5.36. The molecule has 0 amide bonds. The zero-order valence-corrected chi connectivity index (χ0v) is 26.8. The second-order valence-corrected chi connectivity index (χ2v) is 12.9. The molecule has 6 bridgehead atoms. The van der Waals surface area contributed by atoms with Gasteiger partial charge in [-0.2, -0.15) is 15.0 Å². The Morgan fingerprint density at radius 2 is 0.760 bits per heavy atom. The van der Waals surface area contributed by atoms with Crippen molar-refractivity contribution in [1.29, 1.82) is 0 Å². The molecule has 7 aromatic carbocycles. The van der Waals surface area contributed by atoms with Crippen LogP contribution in [0.1, 0.15) is 0 Å². The molecule has 0 unspecified atom stereocenters. The highest BCUT2D eigenvalue weighted by atomic mass is 15.2. The van der Waals surface area contributed by atoms with Crippen molar-refractivity contribution in [2.45, 2.75) is 0 Å². The minimum Gasteiger partial charge on any atom is -0.278 e. The van der Waals surface area contributed by atoms with Crippen LogP contribution in [0.2, 0.25) is 0 Å². The van der Waals surface area contributed by atoms with E-state index in [4.69, 9.17) is 15.0 Å². The summed E-state index contributed by atoms with van der Waals surface area (Å²) in [5.74, 6) is 1.77. The first-order chi connectivity index (χ1) is 24.8. The zero-order valence-electron chi connectivity index (χ0n) is 26.8. The number of para-hydroxylation sites is 2. The van der Waals surface area contributed by atoms with E-state index < -0.39 is 0 Å². The van der Waals surface area contributed by atoms with Gasteiger partial charge in [-0.3, -0.25) is 8.80 Å². The number of aromatic nitrogens is 5. The lowest BCUT2D eigenvalue weighted by atomic mass is 10.0. The van der Waals surface area contributed by atoms with Crippen molar-refractivity contribution in [3.8, 4) is 22.5 Å². The molecule has 0 aliphatic rings. The fourth-order valence-corrected chi connectivity index (χ4v) is 7.85. The van der Waals surface area contributed by atoms with Crippen LogP contribution in [-0.4, -0.2) is 23.8 Å². The number of benzene rings is 7. The third-order valence-electron chi connectivity index (χ3n) is 10.1. The number of fused-ring (bicyclic) bond motifs is 15. The van der Waals surface area contributed by atoms with Crippen LogP contribution in [0.3, 0.4) is 0 Å². The van der Waals surface area contributed by atoms with Crippen LogP contribution in [0.25, 0.3) is 99.2 Å². The van der Waals surface area contributed by atoms with E-state index in [1.165, 1.54) is 10.8 Å². The molecule has 4 aromatic heterocycles. The molecular formula is C45H27N5. The summed E-state index contributed by atoms with van der Waals surface area (Å²) < 4.78 is 4.42. The van der Waals surface area contributed by atoms with Crippen LogP contribution in [0.5, 0.6) is 0 Å². The van der Waals surface area contributed by atoms with Gasteiger partial charge < -0.3 is 0 Å². The summed E-state index contributed by atoms with van der Waals surface area (Å²) in [7, 11) is 0. The molecule has 0 N–H and O–H groups in total. The Hall–Kier alpha value is -6.85. The number of hydrogen-bond donors (Lipinski definition) is 0. The van der Waals surface area contributed by atoms with Crippen LogP contribution in [-0.2, 0) is 0 Å². The Morgan fingerprint density at radius 1 is 0.300 bits per heavy atom. The van der Waals surface area contributed by atoms with Crippen molar-refractivity contribution in [2.24, 2.45) is 0 Å². The van der Waals surface area contributed by atoms with E-state index >= 15 is 0 Å². The number of hydrogen-bond acceptors (Lipinski definition) is 3. The quantitative estimate of drug-likeness (QED) is 0.189. The van der Waals surface area contributed by atoms with Crippen molar-refractivity contribution in [3.05, 3.63) is 164 Å². The standard InChI is InChI=1S/C45H27N5/c1-2-11-28(12-3-1)29-13-10-14-32(25-29)43-46-44-48-45(47-43)50-40-20-9-7-18-36(40)38-24-22-31(27-42(38)50)34-16-5-4-15-33(34)30-21-23-37-35-17-6-8-19-39(35)49(44)41(37)26-30/h1-27H. The van der Waals surface area contributed by atoms with Gasteiger partial charge in [-0.15, -0.1) is 0 Å². The first kappa shape index (κ1) is 27.1. The molecule has 5 heteroatoms. The Kier molecular flexibility index (Phi) is 5.60. The van der Waals surface area contributed by atoms with E-state index in [0.717, 1.165) is 71.1 Å². The monoisotopic (exact) mass is 637 g/mol. The molecule has 0 radical (unpaired) electrons. The zero-order chi connectivity index (χ0) is 32.8. The van der Waals surface area contributed by atoms with Gasteiger partial charge in [0.15, 0.2) is 5.82 Å². The van der Waals surface area contributed by atoms with E-state index in [-0.39, 0.29) is 0 Å². The molecule has 0 aliphatic carbocycles. The first-order valence-electron chi connectivity index (χ1n) is 16.9.